The summed E-state index contributed by atoms with van der Waals surface area (Å²) in [6.07, 6.45) is 0. The number of hydrogen-bond acceptors (Lipinski definition) is 2. The lowest BCUT2D eigenvalue weighted by atomic mass is 10.1. The summed E-state index contributed by atoms with van der Waals surface area (Å²) < 4.78 is 0. The average Bonchev–Trinajstić information content (AvgIpc) is 2.23. The fraction of sp³-hybridized carbons (Fsp3) is 0.417. The molecule has 1 unspecified atom stereocenters. The van der Waals surface area contributed by atoms with Gasteiger partial charge in [-0.2, -0.15) is 5.26 Å². The molecular weight excluding hydrogens is 243 g/mol. The van der Waals surface area contributed by atoms with Crippen molar-refractivity contribution in [3.8, 4) is 6.07 Å². The molecule has 0 aliphatic rings. The number of hydrogen-bond donors (Lipinski definition) is 0. The Morgan fingerprint density at radius 1 is 1.38 bits per heavy atom. The molecule has 0 spiro atoms. The summed E-state index contributed by atoms with van der Waals surface area (Å²) >= 11 is 12.1. The van der Waals surface area contributed by atoms with Crippen LogP contribution in [0.15, 0.2) is 18.2 Å². The Labute approximate surface area is 106 Å². The zero-order valence-electron chi connectivity index (χ0n) is 9.37. The third kappa shape index (κ3) is 3.68. The van der Waals surface area contributed by atoms with Crippen LogP contribution in [0.2, 0.25) is 10.0 Å². The van der Waals surface area contributed by atoms with E-state index in [9.17, 15) is 0 Å². The van der Waals surface area contributed by atoms with Crippen molar-refractivity contribution in [2.75, 3.05) is 13.6 Å². The van der Waals surface area contributed by atoms with Gasteiger partial charge in [-0.25, -0.2) is 0 Å². The largest absolute Gasteiger partial charge is 0.301 e. The minimum atomic E-state index is 0.00580. The Bertz CT molecular complexity index is 378. The van der Waals surface area contributed by atoms with E-state index in [1.807, 2.05) is 37.1 Å². The van der Waals surface area contributed by atoms with Gasteiger partial charge in [0.25, 0.3) is 0 Å². The summed E-state index contributed by atoms with van der Waals surface area (Å²) in [4.78, 5) is 2.04. The Morgan fingerprint density at radius 3 is 2.44 bits per heavy atom. The van der Waals surface area contributed by atoms with Crippen LogP contribution >= 0.6 is 23.2 Å². The Balaban J connectivity index is 2.70. The van der Waals surface area contributed by atoms with E-state index in [-0.39, 0.29) is 5.92 Å². The van der Waals surface area contributed by atoms with Crippen molar-refractivity contribution in [2.24, 2.45) is 5.92 Å². The van der Waals surface area contributed by atoms with E-state index in [0.717, 1.165) is 5.56 Å². The molecule has 0 bridgehead atoms. The van der Waals surface area contributed by atoms with E-state index in [0.29, 0.717) is 23.1 Å². The molecule has 0 fully saturated rings. The first-order valence-electron chi connectivity index (χ1n) is 5.05. The molecule has 0 saturated heterocycles. The van der Waals surface area contributed by atoms with Gasteiger partial charge in [0, 0.05) is 28.7 Å². The van der Waals surface area contributed by atoms with Gasteiger partial charge in [0.1, 0.15) is 0 Å². The summed E-state index contributed by atoms with van der Waals surface area (Å²) in [7, 11) is 1.95. The van der Waals surface area contributed by atoms with E-state index in [1.54, 1.807) is 0 Å². The van der Waals surface area contributed by atoms with Crippen molar-refractivity contribution >= 4 is 23.2 Å². The lowest BCUT2D eigenvalue weighted by Gasteiger charge is -2.19. The van der Waals surface area contributed by atoms with Crippen LogP contribution in [0.1, 0.15) is 12.5 Å². The highest BCUT2D eigenvalue weighted by Crippen LogP contribution is 2.25. The molecule has 2 nitrogen and oxygen atoms in total. The fourth-order valence-electron chi connectivity index (χ4n) is 1.53. The number of nitrogens with zero attached hydrogens (tertiary/aromatic N) is 2. The molecule has 4 heteroatoms. The van der Waals surface area contributed by atoms with Crippen molar-refractivity contribution < 1.29 is 0 Å². The quantitative estimate of drug-likeness (QED) is 0.824. The van der Waals surface area contributed by atoms with Gasteiger partial charge in [0.15, 0.2) is 0 Å². The summed E-state index contributed by atoms with van der Waals surface area (Å²) in [5, 5.41) is 10.1. The van der Waals surface area contributed by atoms with Crippen LogP contribution in [-0.4, -0.2) is 18.5 Å². The van der Waals surface area contributed by atoms with Gasteiger partial charge in [-0.3, -0.25) is 0 Å². The first-order valence-corrected chi connectivity index (χ1v) is 5.81. The highest BCUT2D eigenvalue weighted by atomic mass is 35.5. The Hall–Kier alpha value is -0.750. The number of rotatable bonds is 4. The molecule has 0 amide bonds. The molecule has 0 saturated carbocycles. The molecule has 1 atom stereocenters. The van der Waals surface area contributed by atoms with Gasteiger partial charge in [-0.1, -0.05) is 29.3 Å². The van der Waals surface area contributed by atoms with Crippen molar-refractivity contribution in [1.29, 1.82) is 5.26 Å². The maximum atomic E-state index is 8.73. The van der Waals surface area contributed by atoms with Gasteiger partial charge in [-0.15, -0.1) is 0 Å². The molecular formula is C12H14Cl2N2. The Morgan fingerprint density at radius 2 is 1.94 bits per heavy atom. The van der Waals surface area contributed by atoms with E-state index in [4.69, 9.17) is 28.5 Å². The van der Waals surface area contributed by atoms with Crippen LogP contribution in [0, 0.1) is 17.2 Å². The maximum Gasteiger partial charge on any atom is 0.0666 e. The van der Waals surface area contributed by atoms with Gasteiger partial charge in [0.2, 0.25) is 0 Å². The van der Waals surface area contributed by atoms with Crippen molar-refractivity contribution in [3.05, 3.63) is 33.8 Å². The highest BCUT2D eigenvalue weighted by molar-refractivity contribution is 6.35. The highest BCUT2D eigenvalue weighted by Gasteiger charge is 2.10. The second kappa shape index (κ2) is 6.10. The number of nitriles is 1. The first kappa shape index (κ1) is 13.3. The normalized spacial score (nSPS) is 12.5. The molecule has 0 aliphatic carbocycles. The first-order chi connectivity index (χ1) is 7.54. The van der Waals surface area contributed by atoms with Crippen LogP contribution < -0.4 is 0 Å². The average molecular weight is 257 g/mol. The second-order valence-corrected chi connectivity index (χ2v) is 4.74. The third-order valence-corrected chi connectivity index (χ3v) is 3.00. The molecule has 86 valence electrons. The van der Waals surface area contributed by atoms with Crippen molar-refractivity contribution in [1.82, 2.24) is 4.90 Å². The van der Waals surface area contributed by atoms with Gasteiger partial charge < -0.3 is 4.90 Å². The summed E-state index contributed by atoms with van der Waals surface area (Å²) in [6, 6.07) is 7.68. The van der Waals surface area contributed by atoms with Crippen LogP contribution in [-0.2, 0) is 6.54 Å². The van der Waals surface area contributed by atoms with Crippen molar-refractivity contribution in [3.63, 3.8) is 0 Å². The predicted molar refractivity (Wildman–Crippen MR) is 67.6 cm³/mol. The zero-order chi connectivity index (χ0) is 12.1. The minimum Gasteiger partial charge on any atom is -0.301 e. The predicted octanol–water partition coefficient (Wildman–Crippen LogP) is 3.58. The van der Waals surface area contributed by atoms with Crippen LogP contribution in [0.4, 0.5) is 0 Å². The lowest BCUT2D eigenvalue weighted by Crippen LogP contribution is -2.23. The standard InChI is InChI=1S/C12H14Cl2N2/c1-9(6-15)7-16(2)8-10-11(13)4-3-5-12(10)14/h3-5,9H,7-8H2,1-2H3. The molecule has 16 heavy (non-hydrogen) atoms. The van der Waals surface area contributed by atoms with E-state index in [1.165, 1.54) is 0 Å². The fourth-order valence-corrected chi connectivity index (χ4v) is 2.04. The monoisotopic (exact) mass is 256 g/mol. The lowest BCUT2D eigenvalue weighted by molar-refractivity contribution is 0.303. The van der Waals surface area contributed by atoms with E-state index in [2.05, 4.69) is 6.07 Å². The summed E-state index contributed by atoms with van der Waals surface area (Å²) in [5.41, 5.74) is 0.915. The molecule has 0 N–H and O–H groups in total. The summed E-state index contributed by atoms with van der Waals surface area (Å²) in [5.74, 6) is 0.00580. The van der Waals surface area contributed by atoms with Crippen LogP contribution in [0.3, 0.4) is 0 Å². The van der Waals surface area contributed by atoms with Crippen molar-refractivity contribution in [2.45, 2.75) is 13.5 Å². The molecule has 0 aromatic heterocycles. The topological polar surface area (TPSA) is 27.0 Å². The molecule has 1 aromatic rings. The molecule has 1 aromatic carbocycles. The van der Waals surface area contributed by atoms with E-state index >= 15 is 0 Å². The minimum absolute atomic E-state index is 0.00580. The number of halogens is 2. The zero-order valence-corrected chi connectivity index (χ0v) is 10.9. The molecule has 0 radical (unpaired) electrons. The summed E-state index contributed by atoms with van der Waals surface area (Å²) in [6.45, 7) is 3.26. The smallest absolute Gasteiger partial charge is 0.0666 e. The van der Waals surface area contributed by atoms with Gasteiger partial charge in [-0.05, 0) is 26.1 Å². The second-order valence-electron chi connectivity index (χ2n) is 3.93. The maximum absolute atomic E-state index is 8.73. The Kier molecular flexibility index (Phi) is 5.08. The van der Waals surface area contributed by atoms with Gasteiger partial charge in [0.05, 0.1) is 12.0 Å². The molecule has 0 heterocycles. The van der Waals surface area contributed by atoms with E-state index < -0.39 is 0 Å². The van der Waals surface area contributed by atoms with Gasteiger partial charge >= 0.3 is 0 Å². The molecule has 0 aliphatic heterocycles. The van der Waals surface area contributed by atoms with Crippen LogP contribution in [0.5, 0.6) is 0 Å². The third-order valence-electron chi connectivity index (χ3n) is 2.30. The number of benzene rings is 1. The van der Waals surface area contributed by atoms with Crippen LogP contribution in [0.25, 0.3) is 0 Å². The molecule has 1 rings (SSSR count). The SMILES string of the molecule is CC(C#N)CN(C)Cc1c(Cl)cccc1Cl.